The molecule has 0 saturated heterocycles. The van der Waals surface area contributed by atoms with Gasteiger partial charge in [-0.2, -0.15) is 0 Å². The highest BCUT2D eigenvalue weighted by Crippen LogP contribution is 2.16. The third kappa shape index (κ3) is 4.48. The number of ether oxygens (including phenoxy) is 1. The second-order valence-electron chi connectivity index (χ2n) is 5.15. The SMILES string of the molecule is CCNC(C)Cc1ccc(OCc2ncc(Cl)n2C)cc1. The molecule has 21 heavy (non-hydrogen) atoms. The third-order valence-electron chi connectivity index (χ3n) is 3.41. The molecule has 1 unspecified atom stereocenters. The quantitative estimate of drug-likeness (QED) is 0.854. The molecule has 0 aliphatic carbocycles. The molecule has 1 heterocycles. The van der Waals surface area contributed by atoms with Crippen LogP contribution >= 0.6 is 11.6 Å². The Morgan fingerprint density at radius 1 is 1.33 bits per heavy atom. The molecule has 0 saturated carbocycles. The van der Waals surface area contributed by atoms with Crippen LogP contribution in [-0.4, -0.2) is 22.1 Å². The summed E-state index contributed by atoms with van der Waals surface area (Å²) in [5.74, 6) is 1.65. The van der Waals surface area contributed by atoms with Crippen LogP contribution in [0.1, 0.15) is 25.2 Å². The number of aromatic nitrogens is 2. The molecule has 0 aliphatic rings. The van der Waals surface area contributed by atoms with Crippen molar-refractivity contribution in [2.24, 2.45) is 7.05 Å². The minimum atomic E-state index is 0.413. The molecule has 1 atom stereocenters. The first-order chi connectivity index (χ1) is 10.1. The lowest BCUT2D eigenvalue weighted by atomic mass is 10.1. The molecule has 1 aromatic carbocycles. The van der Waals surface area contributed by atoms with Crippen molar-refractivity contribution in [2.75, 3.05) is 6.54 Å². The van der Waals surface area contributed by atoms with Crippen LogP contribution in [0.15, 0.2) is 30.5 Å². The summed E-state index contributed by atoms with van der Waals surface area (Å²) >= 11 is 5.94. The van der Waals surface area contributed by atoms with Crippen LogP contribution in [0.4, 0.5) is 0 Å². The molecule has 1 N–H and O–H groups in total. The number of likely N-dealkylation sites (N-methyl/N-ethyl adjacent to an activating group) is 1. The predicted molar refractivity (Wildman–Crippen MR) is 85.8 cm³/mol. The summed E-state index contributed by atoms with van der Waals surface area (Å²) < 4.78 is 7.55. The van der Waals surface area contributed by atoms with Gasteiger partial charge in [0.15, 0.2) is 0 Å². The molecule has 0 bridgehead atoms. The number of nitrogens with one attached hydrogen (secondary N) is 1. The van der Waals surface area contributed by atoms with Gasteiger partial charge in [-0.25, -0.2) is 4.98 Å². The third-order valence-corrected chi connectivity index (χ3v) is 3.76. The van der Waals surface area contributed by atoms with E-state index in [1.807, 2.05) is 23.7 Å². The molecule has 0 aliphatic heterocycles. The Morgan fingerprint density at radius 2 is 2.05 bits per heavy atom. The number of rotatable bonds is 7. The van der Waals surface area contributed by atoms with Gasteiger partial charge in [-0.05, 0) is 37.6 Å². The maximum absolute atomic E-state index is 5.94. The van der Waals surface area contributed by atoms with Crippen LogP contribution in [0.2, 0.25) is 5.15 Å². The first-order valence-electron chi connectivity index (χ1n) is 7.21. The standard InChI is InChI=1S/C16H22ClN3O/c1-4-18-12(2)9-13-5-7-14(8-6-13)21-11-16-19-10-15(17)20(16)3/h5-8,10,12,18H,4,9,11H2,1-3H3. The normalized spacial score (nSPS) is 12.4. The van der Waals surface area contributed by atoms with E-state index in [0.717, 1.165) is 24.5 Å². The van der Waals surface area contributed by atoms with Crippen molar-refractivity contribution < 1.29 is 4.74 Å². The first kappa shape index (κ1) is 15.9. The van der Waals surface area contributed by atoms with E-state index < -0.39 is 0 Å². The summed E-state index contributed by atoms with van der Waals surface area (Å²) in [6, 6.07) is 8.69. The summed E-state index contributed by atoms with van der Waals surface area (Å²) in [4.78, 5) is 4.21. The molecule has 2 aromatic rings. The van der Waals surface area contributed by atoms with Gasteiger partial charge in [0.05, 0.1) is 6.20 Å². The Balaban J connectivity index is 1.89. The van der Waals surface area contributed by atoms with Crippen molar-refractivity contribution in [1.29, 1.82) is 0 Å². The monoisotopic (exact) mass is 307 g/mol. The van der Waals surface area contributed by atoms with E-state index in [2.05, 4.69) is 36.3 Å². The predicted octanol–water partition coefficient (Wildman–Crippen LogP) is 3.19. The molecule has 0 radical (unpaired) electrons. The molecule has 1 aromatic heterocycles. The van der Waals surface area contributed by atoms with Crippen molar-refractivity contribution in [3.63, 3.8) is 0 Å². The van der Waals surface area contributed by atoms with Crippen LogP contribution in [0.5, 0.6) is 5.75 Å². The van der Waals surface area contributed by atoms with Gasteiger partial charge >= 0.3 is 0 Å². The second kappa shape index (κ2) is 7.48. The fourth-order valence-electron chi connectivity index (χ4n) is 2.20. The number of hydrogen-bond donors (Lipinski definition) is 1. The minimum absolute atomic E-state index is 0.413. The lowest BCUT2D eigenvalue weighted by Gasteiger charge is -2.12. The van der Waals surface area contributed by atoms with Crippen LogP contribution in [0, 0.1) is 0 Å². The highest BCUT2D eigenvalue weighted by Gasteiger charge is 2.06. The topological polar surface area (TPSA) is 39.1 Å². The second-order valence-corrected chi connectivity index (χ2v) is 5.54. The van der Waals surface area contributed by atoms with E-state index in [1.165, 1.54) is 5.56 Å². The summed E-state index contributed by atoms with van der Waals surface area (Å²) in [5.41, 5.74) is 1.30. The maximum atomic E-state index is 5.94. The molecular formula is C16H22ClN3O. The van der Waals surface area contributed by atoms with Gasteiger partial charge in [-0.1, -0.05) is 30.7 Å². The van der Waals surface area contributed by atoms with Crippen molar-refractivity contribution in [2.45, 2.75) is 32.9 Å². The van der Waals surface area contributed by atoms with Gasteiger partial charge in [0.25, 0.3) is 0 Å². The Hall–Kier alpha value is -1.52. The number of hydrogen-bond acceptors (Lipinski definition) is 3. The van der Waals surface area contributed by atoms with Crippen LogP contribution in [-0.2, 0) is 20.1 Å². The Labute approximate surface area is 131 Å². The summed E-state index contributed by atoms with van der Waals surface area (Å²) in [6.07, 6.45) is 2.65. The van der Waals surface area contributed by atoms with E-state index in [4.69, 9.17) is 16.3 Å². The summed E-state index contributed by atoms with van der Waals surface area (Å²) in [6.45, 7) is 5.72. The van der Waals surface area contributed by atoms with Crippen LogP contribution < -0.4 is 10.1 Å². The lowest BCUT2D eigenvalue weighted by molar-refractivity contribution is 0.291. The first-order valence-corrected chi connectivity index (χ1v) is 7.59. The summed E-state index contributed by atoms with van der Waals surface area (Å²) in [5, 5.41) is 4.02. The average molecular weight is 308 g/mol. The van der Waals surface area contributed by atoms with E-state index >= 15 is 0 Å². The zero-order chi connectivity index (χ0) is 15.2. The molecule has 0 spiro atoms. The maximum Gasteiger partial charge on any atom is 0.147 e. The Morgan fingerprint density at radius 3 is 2.62 bits per heavy atom. The van der Waals surface area contributed by atoms with Crippen molar-refractivity contribution in [1.82, 2.24) is 14.9 Å². The summed E-state index contributed by atoms with van der Waals surface area (Å²) in [7, 11) is 1.87. The molecule has 0 amide bonds. The van der Waals surface area contributed by atoms with Crippen LogP contribution in [0.25, 0.3) is 0 Å². The van der Waals surface area contributed by atoms with Gasteiger partial charge in [0, 0.05) is 13.1 Å². The highest BCUT2D eigenvalue weighted by atomic mass is 35.5. The smallest absolute Gasteiger partial charge is 0.147 e. The number of nitrogens with zero attached hydrogens (tertiary/aromatic N) is 2. The minimum Gasteiger partial charge on any atom is -0.486 e. The van der Waals surface area contributed by atoms with Gasteiger partial charge in [-0.3, -0.25) is 0 Å². The van der Waals surface area contributed by atoms with Crippen molar-refractivity contribution >= 4 is 11.6 Å². The van der Waals surface area contributed by atoms with E-state index in [0.29, 0.717) is 17.8 Å². The number of halogens is 1. The van der Waals surface area contributed by atoms with Crippen LogP contribution in [0.3, 0.4) is 0 Å². The molecule has 5 heteroatoms. The van der Waals surface area contributed by atoms with Gasteiger partial charge in [0.1, 0.15) is 23.3 Å². The van der Waals surface area contributed by atoms with Crippen molar-refractivity contribution in [3.05, 3.63) is 47.0 Å². The zero-order valence-electron chi connectivity index (χ0n) is 12.8. The van der Waals surface area contributed by atoms with Crippen molar-refractivity contribution in [3.8, 4) is 5.75 Å². The zero-order valence-corrected chi connectivity index (χ0v) is 13.5. The van der Waals surface area contributed by atoms with E-state index in [1.54, 1.807) is 6.20 Å². The van der Waals surface area contributed by atoms with Gasteiger partial charge in [0.2, 0.25) is 0 Å². The Kier molecular flexibility index (Phi) is 5.65. The number of imidazole rings is 1. The Bertz CT molecular complexity index is 565. The van der Waals surface area contributed by atoms with Gasteiger partial charge in [-0.15, -0.1) is 0 Å². The molecule has 0 fully saturated rings. The van der Waals surface area contributed by atoms with E-state index in [9.17, 15) is 0 Å². The number of benzene rings is 1. The van der Waals surface area contributed by atoms with Gasteiger partial charge < -0.3 is 14.6 Å². The molecule has 2 rings (SSSR count). The fraction of sp³-hybridized carbons (Fsp3) is 0.438. The molecule has 114 valence electrons. The molecular weight excluding hydrogens is 286 g/mol. The fourth-order valence-corrected chi connectivity index (χ4v) is 2.35. The lowest BCUT2D eigenvalue weighted by Crippen LogP contribution is -2.27. The largest absolute Gasteiger partial charge is 0.486 e. The molecule has 4 nitrogen and oxygen atoms in total. The van der Waals surface area contributed by atoms with E-state index in [-0.39, 0.29) is 0 Å². The highest BCUT2D eigenvalue weighted by molar-refractivity contribution is 6.29. The average Bonchev–Trinajstić information content (AvgIpc) is 2.78.